The van der Waals surface area contributed by atoms with Crippen LogP contribution in [0, 0.1) is 11.6 Å². The molecule has 0 radical (unpaired) electrons. The molecule has 1 aromatic heterocycles. The van der Waals surface area contributed by atoms with Crippen molar-refractivity contribution in [3.05, 3.63) is 36.2 Å². The van der Waals surface area contributed by atoms with Crippen LogP contribution in [-0.4, -0.2) is 10.3 Å². The van der Waals surface area contributed by atoms with E-state index in [2.05, 4.69) is 27.5 Å². The summed E-state index contributed by atoms with van der Waals surface area (Å²) in [6.07, 6.45) is 1.93. The van der Waals surface area contributed by atoms with Crippen LogP contribution in [0.1, 0.15) is 5.56 Å². The van der Waals surface area contributed by atoms with Gasteiger partial charge in [0.1, 0.15) is 0 Å². The Bertz CT molecular complexity index is 292. The molecule has 0 spiro atoms. The lowest BCUT2D eigenvalue weighted by atomic mass is 10.1. The number of aromatic nitrogens is 1. The first-order valence-corrected chi connectivity index (χ1v) is 4.32. The van der Waals surface area contributed by atoms with Gasteiger partial charge in [0.05, 0.1) is 18.0 Å². The molecule has 0 saturated heterocycles. The number of allylic oxidation sites excluding steroid dienone is 1. The van der Waals surface area contributed by atoms with Gasteiger partial charge in [-0.25, -0.2) is 8.78 Å². The first-order valence-electron chi connectivity index (χ1n) is 3.20. The lowest BCUT2D eigenvalue weighted by Crippen LogP contribution is -1.96. The SMILES string of the molecule is C=C(CBr)c1c(F)cncc1F. The minimum atomic E-state index is -0.681. The molecule has 1 aromatic rings. The molecule has 0 fully saturated rings. The summed E-state index contributed by atoms with van der Waals surface area (Å²) < 4.78 is 25.8. The van der Waals surface area contributed by atoms with Gasteiger partial charge in [-0.2, -0.15) is 0 Å². The Balaban J connectivity index is 3.21. The van der Waals surface area contributed by atoms with Gasteiger partial charge in [-0.1, -0.05) is 22.5 Å². The van der Waals surface area contributed by atoms with Crippen molar-refractivity contribution in [2.75, 3.05) is 5.33 Å². The molecule has 0 amide bonds. The Kier molecular flexibility index (Phi) is 2.92. The molecule has 0 aliphatic heterocycles. The van der Waals surface area contributed by atoms with E-state index in [0.717, 1.165) is 12.4 Å². The van der Waals surface area contributed by atoms with E-state index < -0.39 is 11.6 Å². The molecular formula is C8H6BrF2N. The van der Waals surface area contributed by atoms with Gasteiger partial charge in [0.25, 0.3) is 0 Å². The van der Waals surface area contributed by atoms with Gasteiger partial charge in [-0.3, -0.25) is 4.98 Å². The monoisotopic (exact) mass is 233 g/mol. The first kappa shape index (κ1) is 9.32. The number of halogens is 3. The smallest absolute Gasteiger partial charge is 0.151 e. The van der Waals surface area contributed by atoms with Gasteiger partial charge in [0.2, 0.25) is 0 Å². The second-order valence-corrected chi connectivity index (χ2v) is 2.78. The Morgan fingerprint density at radius 1 is 1.42 bits per heavy atom. The number of rotatable bonds is 2. The molecule has 64 valence electrons. The topological polar surface area (TPSA) is 12.9 Å². The molecule has 0 aliphatic rings. The van der Waals surface area contributed by atoms with Gasteiger partial charge < -0.3 is 0 Å². The highest BCUT2D eigenvalue weighted by molar-refractivity contribution is 9.09. The molecule has 0 atom stereocenters. The second kappa shape index (κ2) is 3.76. The third-order valence-corrected chi connectivity index (χ3v) is 2.05. The highest BCUT2D eigenvalue weighted by Gasteiger charge is 2.10. The van der Waals surface area contributed by atoms with Crippen LogP contribution < -0.4 is 0 Å². The maximum absolute atomic E-state index is 12.9. The van der Waals surface area contributed by atoms with E-state index in [-0.39, 0.29) is 5.56 Å². The van der Waals surface area contributed by atoms with Crippen molar-refractivity contribution in [3.63, 3.8) is 0 Å². The van der Waals surface area contributed by atoms with E-state index in [1.807, 2.05) is 0 Å². The maximum Gasteiger partial charge on any atom is 0.151 e. The molecule has 0 aromatic carbocycles. The minimum Gasteiger partial charge on any atom is -0.259 e. The number of nitrogens with zero attached hydrogens (tertiary/aromatic N) is 1. The van der Waals surface area contributed by atoms with Crippen LogP contribution in [-0.2, 0) is 0 Å². The quantitative estimate of drug-likeness (QED) is 0.717. The normalized spacial score (nSPS) is 9.92. The first-order chi connectivity index (χ1) is 5.66. The van der Waals surface area contributed by atoms with Crippen molar-refractivity contribution in [1.29, 1.82) is 0 Å². The van der Waals surface area contributed by atoms with Gasteiger partial charge >= 0.3 is 0 Å². The van der Waals surface area contributed by atoms with Crippen LogP contribution in [0.5, 0.6) is 0 Å². The fourth-order valence-electron chi connectivity index (χ4n) is 0.816. The predicted molar refractivity (Wildman–Crippen MR) is 47.0 cm³/mol. The number of hydrogen-bond donors (Lipinski definition) is 0. The molecule has 12 heavy (non-hydrogen) atoms. The molecule has 1 nitrogen and oxygen atoms in total. The predicted octanol–water partition coefficient (Wildman–Crippen LogP) is 2.77. The van der Waals surface area contributed by atoms with Crippen molar-refractivity contribution >= 4 is 21.5 Å². The van der Waals surface area contributed by atoms with Crippen LogP contribution in [0.25, 0.3) is 5.57 Å². The van der Waals surface area contributed by atoms with Crippen molar-refractivity contribution in [3.8, 4) is 0 Å². The Labute approximate surface area is 77.3 Å². The molecule has 4 heteroatoms. The molecule has 1 heterocycles. The van der Waals surface area contributed by atoms with Crippen molar-refractivity contribution in [1.82, 2.24) is 4.98 Å². The zero-order chi connectivity index (χ0) is 9.14. The summed E-state index contributed by atoms with van der Waals surface area (Å²) in [4.78, 5) is 3.35. The Morgan fingerprint density at radius 2 is 1.92 bits per heavy atom. The third kappa shape index (κ3) is 1.69. The summed E-state index contributed by atoms with van der Waals surface area (Å²) in [6.45, 7) is 3.51. The lowest BCUT2D eigenvalue weighted by Gasteiger charge is -2.03. The van der Waals surface area contributed by atoms with E-state index in [4.69, 9.17) is 0 Å². The molecule has 0 bridgehead atoms. The molecule has 0 aliphatic carbocycles. The summed E-state index contributed by atoms with van der Waals surface area (Å²) >= 11 is 3.07. The fourth-order valence-corrected chi connectivity index (χ4v) is 1.10. The summed E-state index contributed by atoms with van der Waals surface area (Å²) in [5, 5.41) is 0.338. The summed E-state index contributed by atoms with van der Waals surface area (Å²) in [7, 11) is 0. The second-order valence-electron chi connectivity index (χ2n) is 2.22. The fraction of sp³-hybridized carbons (Fsp3) is 0.125. The molecule has 0 saturated carbocycles. The van der Waals surface area contributed by atoms with Crippen LogP contribution >= 0.6 is 15.9 Å². The molecule has 0 N–H and O–H groups in total. The van der Waals surface area contributed by atoms with Gasteiger partial charge in [-0.05, 0) is 5.57 Å². The third-order valence-electron chi connectivity index (χ3n) is 1.37. The largest absolute Gasteiger partial charge is 0.259 e. The number of alkyl halides is 1. The summed E-state index contributed by atoms with van der Waals surface area (Å²) in [6, 6.07) is 0. The van der Waals surface area contributed by atoms with E-state index in [1.165, 1.54) is 0 Å². The average Bonchev–Trinajstić information content (AvgIpc) is 2.03. The Hall–Kier alpha value is -0.770. The zero-order valence-electron chi connectivity index (χ0n) is 6.15. The van der Waals surface area contributed by atoms with Gasteiger partial charge in [0.15, 0.2) is 11.6 Å². The average molecular weight is 234 g/mol. The number of pyridine rings is 1. The van der Waals surface area contributed by atoms with E-state index >= 15 is 0 Å². The van der Waals surface area contributed by atoms with Gasteiger partial charge in [0, 0.05) is 5.33 Å². The molecular weight excluding hydrogens is 228 g/mol. The van der Waals surface area contributed by atoms with Crippen molar-refractivity contribution in [2.45, 2.75) is 0 Å². The highest BCUT2D eigenvalue weighted by Crippen LogP contribution is 2.20. The van der Waals surface area contributed by atoms with Gasteiger partial charge in [-0.15, -0.1) is 0 Å². The summed E-state index contributed by atoms with van der Waals surface area (Å²) in [5.41, 5.74) is 0.272. The standard InChI is InChI=1S/C8H6BrF2N/c1-5(2-9)8-6(10)3-12-4-7(8)11/h3-4H,1-2H2. The van der Waals surface area contributed by atoms with Crippen LogP contribution in [0.2, 0.25) is 0 Å². The van der Waals surface area contributed by atoms with E-state index in [1.54, 1.807) is 0 Å². The zero-order valence-corrected chi connectivity index (χ0v) is 7.74. The van der Waals surface area contributed by atoms with E-state index in [9.17, 15) is 8.78 Å². The maximum atomic E-state index is 12.9. The van der Waals surface area contributed by atoms with Crippen molar-refractivity contribution < 1.29 is 8.78 Å². The summed E-state index contributed by atoms with van der Waals surface area (Å²) in [5.74, 6) is -1.36. The van der Waals surface area contributed by atoms with Crippen LogP contribution in [0.4, 0.5) is 8.78 Å². The highest BCUT2D eigenvalue weighted by atomic mass is 79.9. The van der Waals surface area contributed by atoms with Crippen molar-refractivity contribution in [2.24, 2.45) is 0 Å². The van der Waals surface area contributed by atoms with E-state index in [0.29, 0.717) is 10.9 Å². The Morgan fingerprint density at radius 3 is 2.33 bits per heavy atom. The van der Waals surface area contributed by atoms with Crippen LogP contribution in [0.3, 0.4) is 0 Å². The molecule has 0 unspecified atom stereocenters. The number of hydrogen-bond acceptors (Lipinski definition) is 1. The molecule has 1 rings (SSSR count). The van der Waals surface area contributed by atoms with Crippen LogP contribution in [0.15, 0.2) is 19.0 Å². The minimum absolute atomic E-state index is 0.0955. The lowest BCUT2D eigenvalue weighted by molar-refractivity contribution is 0.567.